The summed E-state index contributed by atoms with van der Waals surface area (Å²) in [7, 11) is 0. The normalized spacial score (nSPS) is 11.2. The number of hydrogen-bond acceptors (Lipinski definition) is 2. The maximum atomic E-state index is 11.6. The number of thiophene rings is 1. The Morgan fingerprint density at radius 3 is 2.52 bits per heavy atom. The predicted octanol–water partition coefficient (Wildman–Crippen LogP) is 6.07. The number of carboxylic acids is 1. The fourth-order valence-corrected chi connectivity index (χ4v) is 4.23. The smallest absolute Gasteiger partial charge is 0.336 e. The lowest BCUT2D eigenvalue weighted by Crippen LogP contribution is -1.99. The van der Waals surface area contributed by atoms with Crippen molar-refractivity contribution in [1.82, 2.24) is 0 Å². The van der Waals surface area contributed by atoms with E-state index in [4.69, 9.17) is 11.6 Å². The summed E-state index contributed by atoms with van der Waals surface area (Å²) in [6, 6.07) is 19.2. The zero-order valence-corrected chi connectivity index (χ0v) is 13.5. The molecule has 4 heteroatoms. The minimum atomic E-state index is -0.973. The van der Waals surface area contributed by atoms with Crippen molar-refractivity contribution in [2.45, 2.75) is 0 Å². The quantitative estimate of drug-likeness (QED) is 0.481. The monoisotopic (exact) mass is 338 g/mol. The van der Waals surface area contributed by atoms with Crippen molar-refractivity contribution < 1.29 is 9.90 Å². The van der Waals surface area contributed by atoms with Crippen molar-refractivity contribution in [3.63, 3.8) is 0 Å². The molecule has 0 amide bonds. The molecule has 0 fully saturated rings. The molecule has 0 saturated heterocycles. The van der Waals surface area contributed by atoms with Gasteiger partial charge in [0.1, 0.15) is 0 Å². The zero-order valence-electron chi connectivity index (χ0n) is 11.9. The number of benzene rings is 3. The lowest BCUT2D eigenvalue weighted by atomic mass is 9.95. The first-order chi connectivity index (χ1) is 11.1. The molecule has 0 unspecified atom stereocenters. The SMILES string of the molecule is O=C(O)c1cc(Cl)ccc1-c1cccc2sc3ccccc3c12. The van der Waals surface area contributed by atoms with Crippen LogP contribution in [0, 0.1) is 0 Å². The minimum absolute atomic E-state index is 0.222. The third-order valence-electron chi connectivity index (χ3n) is 3.90. The van der Waals surface area contributed by atoms with Gasteiger partial charge in [-0.2, -0.15) is 0 Å². The topological polar surface area (TPSA) is 37.3 Å². The number of carbonyl (C=O) groups is 1. The molecule has 112 valence electrons. The Morgan fingerprint density at radius 1 is 0.913 bits per heavy atom. The van der Waals surface area contributed by atoms with Crippen LogP contribution in [0.4, 0.5) is 0 Å². The van der Waals surface area contributed by atoms with E-state index in [9.17, 15) is 9.90 Å². The van der Waals surface area contributed by atoms with Gasteiger partial charge >= 0.3 is 5.97 Å². The Morgan fingerprint density at radius 2 is 1.70 bits per heavy atom. The van der Waals surface area contributed by atoms with Crippen LogP contribution in [0.25, 0.3) is 31.3 Å². The second kappa shape index (κ2) is 5.37. The maximum Gasteiger partial charge on any atom is 0.336 e. The first-order valence-corrected chi connectivity index (χ1v) is 8.28. The van der Waals surface area contributed by atoms with Crippen LogP contribution in [-0.4, -0.2) is 11.1 Å². The molecule has 0 saturated carbocycles. The largest absolute Gasteiger partial charge is 0.478 e. The van der Waals surface area contributed by atoms with Gasteiger partial charge in [0.25, 0.3) is 0 Å². The highest BCUT2D eigenvalue weighted by molar-refractivity contribution is 7.25. The van der Waals surface area contributed by atoms with Gasteiger partial charge < -0.3 is 5.11 Å². The molecular weight excluding hydrogens is 328 g/mol. The Balaban J connectivity index is 2.13. The van der Waals surface area contributed by atoms with Crippen molar-refractivity contribution >= 4 is 49.1 Å². The minimum Gasteiger partial charge on any atom is -0.478 e. The summed E-state index contributed by atoms with van der Waals surface area (Å²) in [4.78, 5) is 11.6. The molecule has 23 heavy (non-hydrogen) atoms. The average Bonchev–Trinajstić information content (AvgIpc) is 2.93. The van der Waals surface area contributed by atoms with Gasteiger partial charge in [-0.05, 0) is 35.4 Å². The van der Waals surface area contributed by atoms with Crippen LogP contribution >= 0.6 is 22.9 Å². The molecule has 0 spiro atoms. The number of aromatic carboxylic acids is 1. The van der Waals surface area contributed by atoms with E-state index >= 15 is 0 Å². The van der Waals surface area contributed by atoms with Gasteiger partial charge in [0.2, 0.25) is 0 Å². The Bertz CT molecular complexity index is 1070. The summed E-state index contributed by atoms with van der Waals surface area (Å²) in [5.41, 5.74) is 1.84. The van der Waals surface area contributed by atoms with Gasteiger partial charge in [-0.1, -0.05) is 48.0 Å². The lowest BCUT2D eigenvalue weighted by Gasteiger charge is -2.09. The van der Waals surface area contributed by atoms with Gasteiger partial charge in [0.15, 0.2) is 0 Å². The predicted molar refractivity (Wildman–Crippen MR) is 96.7 cm³/mol. The van der Waals surface area contributed by atoms with Crippen LogP contribution < -0.4 is 0 Å². The molecule has 0 atom stereocenters. The molecule has 4 rings (SSSR count). The standard InChI is InChI=1S/C19H11ClO2S/c20-11-8-9-12(15(10-11)19(21)22)13-5-3-7-17-18(13)14-4-1-2-6-16(14)23-17/h1-10H,(H,21,22). The maximum absolute atomic E-state index is 11.6. The van der Waals surface area contributed by atoms with E-state index in [1.54, 1.807) is 23.5 Å². The van der Waals surface area contributed by atoms with Crippen LogP contribution in [0.3, 0.4) is 0 Å². The van der Waals surface area contributed by atoms with Gasteiger partial charge in [0.05, 0.1) is 5.56 Å². The number of hydrogen-bond donors (Lipinski definition) is 1. The third kappa shape index (κ3) is 2.29. The Hall–Kier alpha value is -2.36. The molecule has 1 N–H and O–H groups in total. The van der Waals surface area contributed by atoms with Crippen LogP contribution in [0.1, 0.15) is 10.4 Å². The second-order valence-corrected chi connectivity index (χ2v) is 6.79. The van der Waals surface area contributed by atoms with E-state index in [2.05, 4.69) is 18.2 Å². The van der Waals surface area contributed by atoms with Crippen molar-refractivity contribution in [3.8, 4) is 11.1 Å². The summed E-state index contributed by atoms with van der Waals surface area (Å²) in [5.74, 6) is -0.973. The fraction of sp³-hybridized carbons (Fsp3) is 0. The van der Waals surface area contributed by atoms with E-state index in [0.717, 1.165) is 21.0 Å². The van der Waals surface area contributed by atoms with Crippen LogP contribution in [-0.2, 0) is 0 Å². The van der Waals surface area contributed by atoms with E-state index in [1.807, 2.05) is 24.3 Å². The molecule has 4 aromatic rings. The highest BCUT2D eigenvalue weighted by Crippen LogP contribution is 2.41. The first kappa shape index (κ1) is 14.2. The molecule has 1 aromatic heterocycles. The summed E-state index contributed by atoms with van der Waals surface area (Å²) >= 11 is 7.69. The zero-order chi connectivity index (χ0) is 16.0. The van der Waals surface area contributed by atoms with Crippen LogP contribution in [0.5, 0.6) is 0 Å². The summed E-state index contributed by atoms with van der Waals surface area (Å²) in [6.45, 7) is 0. The van der Waals surface area contributed by atoms with Gasteiger partial charge in [-0.25, -0.2) is 4.79 Å². The first-order valence-electron chi connectivity index (χ1n) is 7.08. The van der Waals surface area contributed by atoms with Crippen molar-refractivity contribution in [2.75, 3.05) is 0 Å². The molecule has 0 aliphatic rings. The van der Waals surface area contributed by atoms with Crippen molar-refractivity contribution in [1.29, 1.82) is 0 Å². The highest BCUT2D eigenvalue weighted by atomic mass is 35.5. The molecular formula is C19H11ClO2S. The van der Waals surface area contributed by atoms with Gasteiger partial charge in [-0.3, -0.25) is 0 Å². The number of rotatable bonds is 2. The average molecular weight is 339 g/mol. The highest BCUT2D eigenvalue weighted by Gasteiger charge is 2.16. The van der Waals surface area contributed by atoms with Crippen molar-refractivity contribution in [3.05, 3.63) is 71.2 Å². The molecule has 0 radical (unpaired) electrons. The number of fused-ring (bicyclic) bond motifs is 3. The number of carboxylic acid groups (broad SMARTS) is 1. The van der Waals surface area contributed by atoms with E-state index in [1.165, 1.54) is 10.8 Å². The van der Waals surface area contributed by atoms with E-state index in [-0.39, 0.29) is 5.56 Å². The van der Waals surface area contributed by atoms with Crippen molar-refractivity contribution in [2.24, 2.45) is 0 Å². The van der Waals surface area contributed by atoms with Gasteiger partial charge in [-0.15, -0.1) is 11.3 Å². The molecule has 0 aliphatic heterocycles. The number of halogens is 1. The molecule has 0 aliphatic carbocycles. The summed E-state index contributed by atoms with van der Waals surface area (Å²) < 4.78 is 2.34. The van der Waals surface area contributed by atoms with E-state index in [0.29, 0.717) is 10.6 Å². The lowest BCUT2D eigenvalue weighted by molar-refractivity contribution is 0.0697. The van der Waals surface area contributed by atoms with Crippen LogP contribution in [0.15, 0.2) is 60.7 Å². The second-order valence-electron chi connectivity index (χ2n) is 5.27. The third-order valence-corrected chi connectivity index (χ3v) is 5.28. The van der Waals surface area contributed by atoms with E-state index < -0.39 is 5.97 Å². The Labute approximate surface area is 141 Å². The van der Waals surface area contributed by atoms with Crippen LogP contribution in [0.2, 0.25) is 5.02 Å². The molecule has 1 heterocycles. The summed E-state index contributed by atoms with van der Waals surface area (Å²) in [5, 5.41) is 12.2. The molecule has 0 bridgehead atoms. The fourth-order valence-electron chi connectivity index (χ4n) is 2.93. The molecule has 2 nitrogen and oxygen atoms in total. The van der Waals surface area contributed by atoms with Gasteiger partial charge in [0, 0.05) is 25.2 Å². The molecule has 3 aromatic carbocycles. The Kier molecular flexibility index (Phi) is 3.33. The summed E-state index contributed by atoms with van der Waals surface area (Å²) in [6.07, 6.45) is 0.